The molecule has 2 aromatic carbocycles. The summed E-state index contributed by atoms with van der Waals surface area (Å²) in [6.45, 7) is 9.67. The zero-order valence-electron chi connectivity index (χ0n) is 20.0. The van der Waals surface area contributed by atoms with Crippen molar-refractivity contribution in [2.45, 2.75) is 38.5 Å². The lowest BCUT2D eigenvalue weighted by Crippen LogP contribution is -2.48. The van der Waals surface area contributed by atoms with E-state index in [4.69, 9.17) is 4.98 Å². The second kappa shape index (κ2) is 10.4. The van der Waals surface area contributed by atoms with Gasteiger partial charge in [-0.15, -0.1) is 0 Å². The molecule has 3 aromatic rings. The molecule has 1 saturated heterocycles. The van der Waals surface area contributed by atoms with Crippen molar-refractivity contribution in [1.29, 1.82) is 0 Å². The number of hydrogen-bond acceptors (Lipinski definition) is 6. The van der Waals surface area contributed by atoms with Gasteiger partial charge < -0.3 is 9.80 Å². The molecule has 0 aliphatic carbocycles. The average Bonchev–Trinajstić information content (AvgIpc) is 3.27. The van der Waals surface area contributed by atoms with Crippen molar-refractivity contribution in [3.63, 3.8) is 0 Å². The van der Waals surface area contributed by atoms with Crippen LogP contribution in [0.3, 0.4) is 0 Å². The number of fused-ring (bicyclic) bond motifs is 1. The number of amides is 1. The van der Waals surface area contributed by atoms with Crippen LogP contribution >= 0.6 is 11.3 Å². The summed E-state index contributed by atoms with van der Waals surface area (Å²) in [4.78, 5) is 22.1. The van der Waals surface area contributed by atoms with Crippen LogP contribution in [-0.2, 0) is 10.0 Å². The number of carbonyl (C=O) groups excluding carboxylic acids is 1. The van der Waals surface area contributed by atoms with Crippen LogP contribution in [0.5, 0.6) is 0 Å². The fourth-order valence-corrected chi connectivity index (χ4v) is 6.95. The van der Waals surface area contributed by atoms with Crippen LogP contribution in [0.2, 0.25) is 0 Å². The SMILES string of the molecule is CCCN(CCC)S(=O)(=O)c1ccc(C(=O)N2CCN(c3nc4ccc(C)cc4s3)CC2)cc1. The summed E-state index contributed by atoms with van der Waals surface area (Å²) in [5.41, 5.74) is 2.75. The lowest BCUT2D eigenvalue weighted by molar-refractivity contribution is 0.0746. The van der Waals surface area contributed by atoms with Crippen LogP contribution < -0.4 is 4.90 Å². The highest BCUT2D eigenvalue weighted by Crippen LogP contribution is 2.30. The lowest BCUT2D eigenvalue weighted by atomic mass is 10.2. The molecular weight excluding hydrogens is 468 g/mol. The summed E-state index contributed by atoms with van der Waals surface area (Å²) in [7, 11) is -3.55. The van der Waals surface area contributed by atoms with E-state index in [9.17, 15) is 13.2 Å². The third-order valence-electron chi connectivity index (χ3n) is 6.06. The van der Waals surface area contributed by atoms with E-state index in [1.807, 2.05) is 18.7 Å². The predicted molar refractivity (Wildman–Crippen MR) is 138 cm³/mol. The molecule has 34 heavy (non-hydrogen) atoms. The van der Waals surface area contributed by atoms with Crippen molar-refractivity contribution in [1.82, 2.24) is 14.2 Å². The Bertz CT molecular complexity index is 1240. The summed E-state index contributed by atoms with van der Waals surface area (Å²) >= 11 is 1.69. The largest absolute Gasteiger partial charge is 0.345 e. The van der Waals surface area contributed by atoms with Gasteiger partial charge in [0, 0.05) is 44.8 Å². The molecule has 0 bridgehead atoms. The van der Waals surface area contributed by atoms with Gasteiger partial charge in [-0.1, -0.05) is 31.3 Å². The molecule has 9 heteroatoms. The molecule has 0 saturated carbocycles. The number of nitrogens with zero attached hydrogens (tertiary/aromatic N) is 4. The lowest BCUT2D eigenvalue weighted by Gasteiger charge is -2.34. The van der Waals surface area contributed by atoms with E-state index in [2.05, 4.69) is 30.0 Å². The van der Waals surface area contributed by atoms with E-state index in [1.54, 1.807) is 35.6 Å². The monoisotopic (exact) mass is 500 g/mol. The molecule has 0 N–H and O–H groups in total. The second-order valence-electron chi connectivity index (χ2n) is 8.68. The minimum Gasteiger partial charge on any atom is -0.345 e. The quantitative estimate of drug-likeness (QED) is 0.459. The molecule has 1 amide bonds. The fourth-order valence-electron chi connectivity index (χ4n) is 4.21. The van der Waals surface area contributed by atoms with Gasteiger partial charge in [0.15, 0.2) is 5.13 Å². The number of thiazole rings is 1. The normalized spacial score (nSPS) is 14.8. The first-order chi connectivity index (χ1) is 16.3. The summed E-state index contributed by atoms with van der Waals surface area (Å²) < 4.78 is 28.6. The van der Waals surface area contributed by atoms with E-state index < -0.39 is 10.0 Å². The number of carbonyl (C=O) groups is 1. The van der Waals surface area contributed by atoms with Crippen molar-refractivity contribution in [2.24, 2.45) is 0 Å². The van der Waals surface area contributed by atoms with Gasteiger partial charge in [0.25, 0.3) is 5.91 Å². The molecule has 1 aromatic heterocycles. The second-order valence-corrected chi connectivity index (χ2v) is 11.6. The Morgan fingerprint density at radius 3 is 2.26 bits per heavy atom. The van der Waals surface area contributed by atoms with Gasteiger partial charge in [0.2, 0.25) is 10.0 Å². The number of rotatable bonds is 8. The van der Waals surface area contributed by atoms with Crippen LogP contribution in [0.15, 0.2) is 47.4 Å². The number of sulfonamides is 1. The minimum atomic E-state index is -3.55. The molecule has 0 radical (unpaired) electrons. The van der Waals surface area contributed by atoms with E-state index in [0.29, 0.717) is 31.7 Å². The molecule has 1 aliphatic rings. The van der Waals surface area contributed by atoms with Gasteiger partial charge in [-0.3, -0.25) is 4.79 Å². The Morgan fingerprint density at radius 2 is 1.65 bits per heavy atom. The zero-order chi connectivity index (χ0) is 24.3. The van der Waals surface area contributed by atoms with Crippen molar-refractivity contribution in [2.75, 3.05) is 44.2 Å². The molecule has 1 aliphatic heterocycles. The average molecular weight is 501 g/mol. The standard InChI is InChI=1S/C25H32N4O3S2/c1-4-12-29(13-5-2)34(31,32)21-9-7-20(8-10-21)24(30)27-14-16-28(17-15-27)25-26-22-11-6-19(3)18-23(22)33-25/h6-11,18H,4-5,12-17H2,1-3H3. The molecule has 0 unspecified atom stereocenters. The summed E-state index contributed by atoms with van der Waals surface area (Å²) in [5.74, 6) is -0.0671. The van der Waals surface area contributed by atoms with Gasteiger partial charge in [0.1, 0.15) is 0 Å². The molecule has 1 fully saturated rings. The first-order valence-electron chi connectivity index (χ1n) is 11.8. The first-order valence-corrected chi connectivity index (χ1v) is 14.1. The highest BCUT2D eigenvalue weighted by atomic mass is 32.2. The molecule has 0 atom stereocenters. The molecular formula is C25H32N4O3S2. The van der Waals surface area contributed by atoms with Gasteiger partial charge in [0.05, 0.1) is 15.1 Å². The topological polar surface area (TPSA) is 73.8 Å². The predicted octanol–water partition coefficient (Wildman–Crippen LogP) is 4.38. The van der Waals surface area contributed by atoms with Gasteiger partial charge in [-0.05, 0) is 61.7 Å². The Hall–Kier alpha value is -2.49. The smallest absolute Gasteiger partial charge is 0.253 e. The molecule has 182 valence electrons. The first kappa shape index (κ1) is 24.6. The zero-order valence-corrected chi connectivity index (χ0v) is 21.7. The molecule has 4 rings (SSSR count). The maximum Gasteiger partial charge on any atom is 0.253 e. The minimum absolute atomic E-state index is 0.0671. The molecule has 2 heterocycles. The Kier molecular flexibility index (Phi) is 7.54. The Morgan fingerprint density at radius 1 is 1.00 bits per heavy atom. The summed E-state index contributed by atoms with van der Waals surface area (Å²) in [6.07, 6.45) is 1.52. The van der Waals surface area contributed by atoms with Crippen LogP contribution in [0, 0.1) is 6.92 Å². The van der Waals surface area contributed by atoms with E-state index in [-0.39, 0.29) is 10.8 Å². The van der Waals surface area contributed by atoms with E-state index in [0.717, 1.165) is 36.6 Å². The highest BCUT2D eigenvalue weighted by molar-refractivity contribution is 7.89. The summed E-state index contributed by atoms with van der Waals surface area (Å²) in [6, 6.07) is 12.7. The highest BCUT2D eigenvalue weighted by Gasteiger charge is 2.26. The van der Waals surface area contributed by atoms with Crippen LogP contribution in [0.25, 0.3) is 10.2 Å². The van der Waals surface area contributed by atoms with Gasteiger partial charge >= 0.3 is 0 Å². The molecule has 7 nitrogen and oxygen atoms in total. The Labute approximate surface area is 206 Å². The number of anilines is 1. The third kappa shape index (κ3) is 5.11. The third-order valence-corrected chi connectivity index (χ3v) is 9.05. The van der Waals surface area contributed by atoms with Crippen LogP contribution in [0.4, 0.5) is 5.13 Å². The van der Waals surface area contributed by atoms with Gasteiger partial charge in [-0.2, -0.15) is 4.31 Å². The number of aryl methyl sites for hydroxylation is 1. The fraction of sp³-hybridized carbons (Fsp3) is 0.440. The van der Waals surface area contributed by atoms with Crippen molar-refractivity contribution < 1.29 is 13.2 Å². The number of hydrogen-bond donors (Lipinski definition) is 0. The van der Waals surface area contributed by atoms with Crippen molar-refractivity contribution >= 4 is 42.6 Å². The van der Waals surface area contributed by atoms with Gasteiger partial charge in [-0.25, -0.2) is 13.4 Å². The maximum absolute atomic E-state index is 13.1. The maximum atomic E-state index is 13.1. The number of piperazine rings is 1. The number of benzene rings is 2. The van der Waals surface area contributed by atoms with E-state index >= 15 is 0 Å². The van der Waals surface area contributed by atoms with Crippen LogP contribution in [0.1, 0.15) is 42.6 Å². The van der Waals surface area contributed by atoms with Crippen molar-refractivity contribution in [3.8, 4) is 0 Å². The van der Waals surface area contributed by atoms with Crippen LogP contribution in [-0.4, -0.2) is 67.8 Å². The Balaban J connectivity index is 1.41. The molecule has 0 spiro atoms. The summed E-state index contributed by atoms with van der Waals surface area (Å²) in [5, 5.41) is 0.992. The van der Waals surface area contributed by atoms with Crippen molar-refractivity contribution in [3.05, 3.63) is 53.6 Å². The number of aromatic nitrogens is 1. The van der Waals surface area contributed by atoms with E-state index in [1.165, 1.54) is 14.6 Å².